The van der Waals surface area contributed by atoms with Gasteiger partial charge in [0.25, 0.3) is 0 Å². The fourth-order valence-electron chi connectivity index (χ4n) is 0.989. The van der Waals surface area contributed by atoms with E-state index in [2.05, 4.69) is 0 Å². The number of rotatable bonds is 1. The standard InChI is InChI=1S/C7H2F5NO2/c8-3-1-2-4(9)6(13(14)15)5(3)7(10,11)12/h1-2H. The van der Waals surface area contributed by atoms with Crippen LogP contribution < -0.4 is 0 Å². The summed E-state index contributed by atoms with van der Waals surface area (Å²) in [6.07, 6.45) is -5.31. The Labute approximate surface area is 79.3 Å². The monoisotopic (exact) mass is 227 g/mol. The molecule has 15 heavy (non-hydrogen) atoms. The second-order valence-corrected chi connectivity index (χ2v) is 2.51. The van der Waals surface area contributed by atoms with Gasteiger partial charge in [0.05, 0.1) is 4.92 Å². The molecule has 0 saturated heterocycles. The molecule has 0 spiro atoms. The lowest BCUT2D eigenvalue weighted by molar-refractivity contribution is -0.391. The highest BCUT2D eigenvalue weighted by Gasteiger charge is 2.43. The van der Waals surface area contributed by atoms with Crippen LogP contribution in [-0.4, -0.2) is 4.92 Å². The Bertz CT molecular complexity index is 415. The number of benzene rings is 1. The smallest absolute Gasteiger partial charge is 0.258 e. The maximum absolute atomic E-state index is 12.7. The van der Waals surface area contributed by atoms with E-state index in [1.54, 1.807) is 0 Å². The van der Waals surface area contributed by atoms with Gasteiger partial charge in [-0.05, 0) is 12.1 Å². The van der Waals surface area contributed by atoms with E-state index in [-0.39, 0.29) is 12.1 Å². The van der Waals surface area contributed by atoms with Crippen LogP contribution in [0.1, 0.15) is 5.56 Å². The summed E-state index contributed by atoms with van der Waals surface area (Å²) in [5.74, 6) is -3.61. The highest BCUT2D eigenvalue weighted by atomic mass is 19.4. The van der Waals surface area contributed by atoms with Crippen molar-refractivity contribution in [2.24, 2.45) is 0 Å². The van der Waals surface area contributed by atoms with Gasteiger partial charge in [0.1, 0.15) is 5.82 Å². The molecule has 3 nitrogen and oxygen atoms in total. The summed E-state index contributed by atoms with van der Waals surface area (Å²) in [4.78, 5) is 8.53. The fraction of sp³-hybridized carbons (Fsp3) is 0.143. The molecule has 1 rings (SSSR count). The van der Waals surface area contributed by atoms with Crippen LogP contribution in [0.3, 0.4) is 0 Å². The molecule has 0 aliphatic carbocycles. The minimum absolute atomic E-state index is 0.186. The topological polar surface area (TPSA) is 43.1 Å². The molecule has 0 fully saturated rings. The van der Waals surface area contributed by atoms with Crippen molar-refractivity contribution in [1.29, 1.82) is 0 Å². The van der Waals surface area contributed by atoms with Crippen LogP contribution >= 0.6 is 0 Å². The molecule has 0 atom stereocenters. The van der Waals surface area contributed by atoms with Gasteiger partial charge in [0, 0.05) is 0 Å². The molecule has 1 aromatic rings. The minimum atomic E-state index is -5.31. The Morgan fingerprint density at radius 2 is 1.60 bits per heavy atom. The van der Waals surface area contributed by atoms with E-state index >= 15 is 0 Å². The first-order valence-corrected chi connectivity index (χ1v) is 3.44. The number of nitro benzene ring substituents is 1. The summed E-state index contributed by atoms with van der Waals surface area (Å²) in [5.41, 5.74) is -4.10. The lowest BCUT2D eigenvalue weighted by Crippen LogP contribution is -2.13. The summed E-state index contributed by atoms with van der Waals surface area (Å²) in [5, 5.41) is 10.1. The summed E-state index contributed by atoms with van der Waals surface area (Å²) in [7, 11) is 0. The number of hydrogen-bond acceptors (Lipinski definition) is 2. The van der Waals surface area contributed by atoms with Gasteiger partial charge in [-0.2, -0.15) is 17.6 Å². The van der Waals surface area contributed by atoms with Crippen molar-refractivity contribution in [1.82, 2.24) is 0 Å². The number of nitro groups is 1. The molecule has 0 bridgehead atoms. The zero-order valence-corrected chi connectivity index (χ0v) is 6.81. The van der Waals surface area contributed by atoms with Crippen molar-refractivity contribution in [3.63, 3.8) is 0 Å². The molecule has 0 heterocycles. The number of hydrogen-bond donors (Lipinski definition) is 0. The van der Waals surface area contributed by atoms with Crippen LogP contribution in [0.25, 0.3) is 0 Å². The van der Waals surface area contributed by atoms with E-state index in [0.717, 1.165) is 0 Å². The van der Waals surface area contributed by atoms with Crippen LogP contribution in [0.2, 0.25) is 0 Å². The molecule has 1 aromatic carbocycles. The normalized spacial score (nSPS) is 11.5. The quantitative estimate of drug-likeness (QED) is 0.420. The van der Waals surface area contributed by atoms with Gasteiger partial charge in [-0.3, -0.25) is 10.1 Å². The minimum Gasteiger partial charge on any atom is -0.258 e. The largest absolute Gasteiger partial charge is 0.425 e. The zero-order chi connectivity index (χ0) is 11.8. The van der Waals surface area contributed by atoms with Crippen molar-refractivity contribution in [2.75, 3.05) is 0 Å². The van der Waals surface area contributed by atoms with Gasteiger partial charge in [-0.15, -0.1) is 0 Å². The predicted octanol–water partition coefficient (Wildman–Crippen LogP) is 2.89. The third kappa shape index (κ3) is 2.03. The highest BCUT2D eigenvalue weighted by Crippen LogP contribution is 2.39. The summed E-state index contributed by atoms with van der Waals surface area (Å²) < 4.78 is 61.8. The summed E-state index contributed by atoms with van der Waals surface area (Å²) in [6.45, 7) is 0. The van der Waals surface area contributed by atoms with Crippen LogP contribution in [0.4, 0.5) is 27.6 Å². The molecule has 0 N–H and O–H groups in total. The van der Waals surface area contributed by atoms with Crippen LogP contribution in [0, 0.1) is 21.7 Å². The van der Waals surface area contributed by atoms with E-state index in [1.165, 1.54) is 0 Å². The van der Waals surface area contributed by atoms with E-state index in [9.17, 15) is 32.1 Å². The average Bonchev–Trinajstić information content (AvgIpc) is 2.05. The lowest BCUT2D eigenvalue weighted by atomic mass is 10.1. The van der Waals surface area contributed by atoms with Crippen molar-refractivity contribution in [3.05, 3.63) is 39.4 Å². The second kappa shape index (κ2) is 3.44. The Morgan fingerprint density at radius 1 is 1.13 bits per heavy atom. The van der Waals surface area contributed by atoms with Crippen molar-refractivity contribution >= 4 is 5.69 Å². The summed E-state index contributed by atoms with van der Waals surface area (Å²) >= 11 is 0. The number of alkyl halides is 3. The van der Waals surface area contributed by atoms with Gasteiger partial charge in [0.15, 0.2) is 5.56 Å². The molecule has 0 aliphatic heterocycles. The molecule has 0 saturated carbocycles. The van der Waals surface area contributed by atoms with Crippen LogP contribution in [-0.2, 0) is 6.18 Å². The number of nitrogens with zero attached hydrogens (tertiary/aromatic N) is 1. The third-order valence-corrected chi connectivity index (χ3v) is 1.54. The first-order valence-electron chi connectivity index (χ1n) is 3.44. The van der Waals surface area contributed by atoms with Crippen molar-refractivity contribution in [2.45, 2.75) is 6.18 Å². The van der Waals surface area contributed by atoms with Gasteiger partial charge >= 0.3 is 11.9 Å². The average molecular weight is 227 g/mol. The highest BCUT2D eigenvalue weighted by molar-refractivity contribution is 5.44. The van der Waals surface area contributed by atoms with Crippen LogP contribution in [0.15, 0.2) is 12.1 Å². The number of halogens is 5. The Hall–Kier alpha value is -1.73. The van der Waals surface area contributed by atoms with E-state index in [0.29, 0.717) is 0 Å². The van der Waals surface area contributed by atoms with Crippen LogP contribution in [0.5, 0.6) is 0 Å². The first-order chi connectivity index (χ1) is 6.75. The van der Waals surface area contributed by atoms with Gasteiger partial charge in [-0.25, -0.2) is 4.39 Å². The van der Waals surface area contributed by atoms with E-state index < -0.39 is 34.0 Å². The molecule has 0 radical (unpaired) electrons. The molecule has 8 heteroatoms. The maximum atomic E-state index is 12.7. The molecular formula is C7H2F5NO2. The van der Waals surface area contributed by atoms with Crippen molar-refractivity contribution < 1.29 is 26.9 Å². The molecule has 0 unspecified atom stereocenters. The molecular weight excluding hydrogens is 225 g/mol. The SMILES string of the molecule is O=[N+]([O-])c1c(F)ccc(F)c1C(F)(F)F. The predicted molar refractivity (Wildman–Crippen MR) is 38.0 cm³/mol. The fourth-order valence-corrected chi connectivity index (χ4v) is 0.989. The lowest BCUT2D eigenvalue weighted by Gasteiger charge is -2.08. The van der Waals surface area contributed by atoms with Crippen molar-refractivity contribution in [3.8, 4) is 0 Å². The molecule has 0 aromatic heterocycles. The molecule has 0 aliphatic rings. The Morgan fingerprint density at radius 3 is 1.93 bits per heavy atom. The Kier molecular flexibility index (Phi) is 2.61. The second-order valence-electron chi connectivity index (χ2n) is 2.51. The van der Waals surface area contributed by atoms with E-state index in [1.807, 2.05) is 0 Å². The van der Waals surface area contributed by atoms with Gasteiger partial charge in [0.2, 0.25) is 5.82 Å². The van der Waals surface area contributed by atoms with E-state index in [4.69, 9.17) is 0 Å². The summed E-state index contributed by atoms with van der Waals surface area (Å²) in [6, 6.07) is 0.452. The third-order valence-electron chi connectivity index (χ3n) is 1.54. The first kappa shape index (κ1) is 11.3. The van der Waals surface area contributed by atoms with Gasteiger partial charge in [-0.1, -0.05) is 0 Å². The Balaban J connectivity index is 3.60. The maximum Gasteiger partial charge on any atom is 0.425 e. The molecule has 82 valence electrons. The van der Waals surface area contributed by atoms with Gasteiger partial charge < -0.3 is 0 Å². The molecule has 0 amide bonds. The zero-order valence-electron chi connectivity index (χ0n) is 6.81.